The Kier molecular flexibility index (Phi) is 3.13. The van der Waals surface area contributed by atoms with E-state index in [1.165, 1.54) is 0 Å². The summed E-state index contributed by atoms with van der Waals surface area (Å²) in [5.74, 6) is 2.45. The number of hydrogen-bond acceptors (Lipinski definition) is 4. The van der Waals surface area contributed by atoms with Crippen molar-refractivity contribution in [2.75, 3.05) is 5.32 Å². The molecule has 0 saturated carbocycles. The SMILES string of the molecule is Cc1cc(C)nc(NC(C)c2ccc(C)o2)n1. The lowest BCUT2D eigenvalue weighted by molar-refractivity contribution is 0.466. The average Bonchev–Trinajstić information content (AvgIpc) is 2.63. The third-order valence-corrected chi connectivity index (χ3v) is 2.52. The van der Waals surface area contributed by atoms with Gasteiger partial charge in [-0.3, -0.25) is 0 Å². The zero-order valence-corrected chi connectivity index (χ0v) is 10.6. The minimum atomic E-state index is 0.0601. The van der Waals surface area contributed by atoms with Crippen molar-refractivity contribution < 1.29 is 4.42 Å². The van der Waals surface area contributed by atoms with Gasteiger partial charge in [0.05, 0.1) is 6.04 Å². The van der Waals surface area contributed by atoms with E-state index in [0.29, 0.717) is 5.95 Å². The first kappa shape index (κ1) is 11.6. The summed E-state index contributed by atoms with van der Waals surface area (Å²) in [5, 5.41) is 3.24. The lowest BCUT2D eigenvalue weighted by atomic mass is 10.2. The van der Waals surface area contributed by atoms with Crippen molar-refractivity contribution in [1.82, 2.24) is 9.97 Å². The standard InChI is InChI=1S/C13H17N3O/c1-8-7-9(2)15-13(14-8)16-11(4)12-6-5-10(3)17-12/h5-7,11H,1-4H3,(H,14,15,16). The van der Waals surface area contributed by atoms with Crippen molar-refractivity contribution in [3.05, 3.63) is 41.1 Å². The summed E-state index contributed by atoms with van der Waals surface area (Å²) in [6, 6.07) is 5.93. The van der Waals surface area contributed by atoms with Crippen LogP contribution in [0.5, 0.6) is 0 Å². The average molecular weight is 231 g/mol. The highest BCUT2D eigenvalue weighted by Gasteiger charge is 2.10. The molecule has 0 radical (unpaired) electrons. The molecule has 0 saturated heterocycles. The maximum atomic E-state index is 5.56. The Labute approximate surface area is 101 Å². The Morgan fingerprint density at radius 2 is 1.76 bits per heavy atom. The zero-order chi connectivity index (χ0) is 12.4. The minimum Gasteiger partial charge on any atom is -0.464 e. The molecule has 0 aliphatic rings. The molecule has 0 fully saturated rings. The summed E-state index contributed by atoms with van der Waals surface area (Å²) in [7, 11) is 0. The van der Waals surface area contributed by atoms with E-state index >= 15 is 0 Å². The van der Waals surface area contributed by atoms with E-state index in [9.17, 15) is 0 Å². The highest BCUT2D eigenvalue weighted by Crippen LogP contribution is 2.19. The molecule has 1 unspecified atom stereocenters. The third-order valence-electron chi connectivity index (χ3n) is 2.52. The molecule has 2 aromatic heterocycles. The van der Waals surface area contributed by atoms with Crippen molar-refractivity contribution in [2.45, 2.75) is 33.7 Å². The van der Waals surface area contributed by atoms with Gasteiger partial charge in [0.15, 0.2) is 0 Å². The van der Waals surface area contributed by atoms with E-state index in [1.807, 2.05) is 45.9 Å². The van der Waals surface area contributed by atoms with Crippen molar-refractivity contribution in [3.8, 4) is 0 Å². The predicted octanol–water partition coefficient (Wildman–Crippen LogP) is 3.17. The largest absolute Gasteiger partial charge is 0.464 e. The van der Waals surface area contributed by atoms with E-state index in [2.05, 4.69) is 15.3 Å². The lowest BCUT2D eigenvalue weighted by Gasteiger charge is -2.12. The maximum absolute atomic E-state index is 5.56. The van der Waals surface area contributed by atoms with Gasteiger partial charge in [-0.05, 0) is 45.9 Å². The smallest absolute Gasteiger partial charge is 0.223 e. The number of nitrogens with zero attached hydrogens (tertiary/aromatic N) is 2. The van der Waals surface area contributed by atoms with Crippen LogP contribution in [0.1, 0.15) is 35.9 Å². The first-order valence-corrected chi connectivity index (χ1v) is 5.70. The van der Waals surface area contributed by atoms with E-state index in [1.54, 1.807) is 0 Å². The fraction of sp³-hybridized carbons (Fsp3) is 0.385. The van der Waals surface area contributed by atoms with Crippen LogP contribution < -0.4 is 5.32 Å². The van der Waals surface area contributed by atoms with Gasteiger partial charge in [0.2, 0.25) is 5.95 Å². The molecule has 0 spiro atoms. The summed E-state index contributed by atoms with van der Waals surface area (Å²) < 4.78 is 5.56. The molecule has 0 aliphatic carbocycles. The van der Waals surface area contributed by atoms with Crippen LogP contribution in [-0.2, 0) is 0 Å². The Bertz CT molecular complexity index is 499. The number of aromatic nitrogens is 2. The molecule has 0 aromatic carbocycles. The van der Waals surface area contributed by atoms with Crippen LogP contribution >= 0.6 is 0 Å². The van der Waals surface area contributed by atoms with Crippen molar-refractivity contribution in [2.24, 2.45) is 0 Å². The monoisotopic (exact) mass is 231 g/mol. The lowest BCUT2D eigenvalue weighted by Crippen LogP contribution is -2.09. The number of nitrogens with one attached hydrogen (secondary N) is 1. The normalized spacial score (nSPS) is 12.5. The topological polar surface area (TPSA) is 51.0 Å². The molecule has 2 rings (SSSR count). The first-order valence-electron chi connectivity index (χ1n) is 5.70. The molecule has 90 valence electrons. The molecule has 17 heavy (non-hydrogen) atoms. The quantitative estimate of drug-likeness (QED) is 0.881. The molecular weight excluding hydrogens is 214 g/mol. The molecule has 1 atom stereocenters. The fourth-order valence-electron chi connectivity index (χ4n) is 1.74. The van der Waals surface area contributed by atoms with Gasteiger partial charge in [-0.25, -0.2) is 9.97 Å². The van der Waals surface area contributed by atoms with Crippen molar-refractivity contribution in [3.63, 3.8) is 0 Å². The number of rotatable bonds is 3. The van der Waals surface area contributed by atoms with Gasteiger partial charge in [-0.1, -0.05) is 0 Å². The second-order valence-electron chi connectivity index (χ2n) is 4.29. The van der Waals surface area contributed by atoms with Gasteiger partial charge in [0.1, 0.15) is 11.5 Å². The Morgan fingerprint density at radius 1 is 1.12 bits per heavy atom. The summed E-state index contributed by atoms with van der Waals surface area (Å²) >= 11 is 0. The second kappa shape index (κ2) is 4.57. The molecule has 0 amide bonds. The molecule has 1 N–H and O–H groups in total. The number of furan rings is 1. The molecule has 2 heterocycles. The highest BCUT2D eigenvalue weighted by molar-refractivity contribution is 5.31. The van der Waals surface area contributed by atoms with Crippen LogP contribution in [0, 0.1) is 20.8 Å². The van der Waals surface area contributed by atoms with Gasteiger partial charge in [-0.2, -0.15) is 0 Å². The van der Waals surface area contributed by atoms with Gasteiger partial charge in [-0.15, -0.1) is 0 Å². The van der Waals surface area contributed by atoms with Gasteiger partial charge < -0.3 is 9.73 Å². The Morgan fingerprint density at radius 3 is 2.29 bits per heavy atom. The minimum absolute atomic E-state index is 0.0601. The summed E-state index contributed by atoms with van der Waals surface area (Å²) in [6.45, 7) is 7.88. The van der Waals surface area contributed by atoms with Crippen LogP contribution in [0.2, 0.25) is 0 Å². The Hall–Kier alpha value is -1.84. The van der Waals surface area contributed by atoms with E-state index < -0.39 is 0 Å². The fourth-order valence-corrected chi connectivity index (χ4v) is 1.74. The van der Waals surface area contributed by atoms with Crippen LogP contribution in [0.4, 0.5) is 5.95 Å². The van der Waals surface area contributed by atoms with Gasteiger partial charge in [0.25, 0.3) is 0 Å². The van der Waals surface area contributed by atoms with Crippen LogP contribution in [-0.4, -0.2) is 9.97 Å². The second-order valence-corrected chi connectivity index (χ2v) is 4.29. The molecule has 4 heteroatoms. The van der Waals surface area contributed by atoms with Crippen molar-refractivity contribution >= 4 is 5.95 Å². The molecule has 0 aliphatic heterocycles. The number of aryl methyl sites for hydroxylation is 3. The molecular formula is C13H17N3O. The maximum Gasteiger partial charge on any atom is 0.223 e. The highest BCUT2D eigenvalue weighted by atomic mass is 16.3. The molecule has 2 aromatic rings. The summed E-state index contributed by atoms with van der Waals surface area (Å²) in [6.07, 6.45) is 0. The van der Waals surface area contributed by atoms with Crippen LogP contribution in [0.25, 0.3) is 0 Å². The summed E-state index contributed by atoms with van der Waals surface area (Å²) in [5.41, 5.74) is 1.92. The van der Waals surface area contributed by atoms with Gasteiger partial charge >= 0.3 is 0 Å². The van der Waals surface area contributed by atoms with Crippen molar-refractivity contribution in [1.29, 1.82) is 0 Å². The zero-order valence-electron chi connectivity index (χ0n) is 10.6. The predicted molar refractivity (Wildman–Crippen MR) is 67.0 cm³/mol. The van der Waals surface area contributed by atoms with E-state index in [4.69, 9.17) is 4.42 Å². The first-order chi connectivity index (χ1) is 8.04. The van der Waals surface area contributed by atoms with E-state index in [0.717, 1.165) is 22.9 Å². The third kappa shape index (κ3) is 2.84. The van der Waals surface area contributed by atoms with Crippen LogP contribution in [0.15, 0.2) is 22.6 Å². The summed E-state index contributed by atoms with van der Waals surface area (Å²) in [4.78, 5) is 8.68. The number of hydrogen-bond donors (Lipinski definition) is 1. The van der Waals surface area contributed by atoms with Crippen LogP contribution in [0.3, 0.4) is 0 Å². The molecule has 4 nitrogen and oxygen atoms in total. The number of anilines is 1. The Balaban J connectivity index is 2.15. The van der Waals surface area contributed by atoms with Gasteiger partial charge in [0, 0.05) is 11.4 Å². The molecule has 0 bridgehead atoms. The van der Waals surface area contributed by atoms with E-state index in [-0.39, 0.29) is 6.04 Å².